The predicted molar refractivity (Wildman–Crippen MR) is 101 cm³/mol. The van der Waals surface area contributed by atoms with E-state index in [1.807, 2.05) is 18.2 Å². The molecule has 0 aromatic heterocycles. The van der Waals surface area contributed by atoms with Crippen molar-refractivity contribution < 1.29 is 14.3 Å². The number of nitrogens with zero attached hydrogens (tertiary/aromatic N) is 2. The van der Waals surface area contributed by atoms with E-state index in [1.54, 1.807) is 40.9 Å². The molecule has 3 rings (SSSR count). The number of nitriles is 1. The van der Waals surface area contributed by atoms with Gasteiger partial charge >= 0.3 is 5.97 Å². The molecule has 6 heteroatoms. The van der Waals surface area contributed by atoms with E-state index in [2.05, 4.69) is 6.07 Å². The maximum Gasteiger partial charge on any atom is 0.337 e. The number of hydrogen-bond acceptors (Lipinski definition) is 5. The summed E-state index contributed by atoms with van der Waals surface area (Å²) in [6.45, 7) is 0.635. The second-order valence-corrected chi connectivity index (χ2v) is 6.92. The third-order valence-corrected chi connectivity index (χ3v) is 5.26. The summed E-state index contributed by atoms with van der Waals surface area (Å²) in [5.41, 5.74) is 4.11. The molecule has 0 N–H and O–H groups in total. The van der Waals surface area contributed by atoms with Crippen LogP contribution in [0.15, 0.2) is 42.5 Å². The zero-order chi connectivity index (χ0) is 18.5. The van der Waals surface area contributed by atoms with Crippen LogP contribution in [-0.2, 0) is 21.7 Å². The Balaban J connectivity index is 1.58. The van der Waals surface area contributed by atoms with Crippen molar-refractivity contribution in [2.45, 2.75) is 12.2 Å². The van der Waals surface area contributed by atoms with Crippen molar-refractivity contribution in [2.24, 2.45) is 0 Å². The lowest BCUT2D eigenvalue weighted by Gasteiger charge is -2.17. The summed E-state index contributed by atoms with van der Waals surface area (Å²) >= 11 is 1.55. The van der Waals surface area contributed by atoms with E-state index in [1.165, 1.54) is 7.11 Å². The van der Waals surface area contributed by atoms with Crippen LogP contribution in [0.4, 0.5) is 5.69 Å². The van der Waals surface area contributed by atoms with Gasteiger partial charge in [0.15, 0.2) is 0 Å². The Morgan fingerprint density at radius 1 is 1.23 bits per heavy atom. The lowest BCUT2D eigenvalue weighted by atomic mass is 10.1. The van der Waals surface area contributed by atoms with E-state index >= 15 is 0 Å². The van der Waals surface area contributed by atoms with Gasteiger partial charge in [0.2, 0.25) is 5.91 Å². The van der Waals surface area contributed by atoms with Crippen LogP contribution in [0.1, 0.15) is 27.0 Å². The Labute approximate surface area is 156 Å². The van der Waals surface area contributed by atoms with Gasteiger partial charge in [-0.1, -0.05) is 12.1 Å². The first-order valence-electron chi connectivity index (χ1n) is 8.21. The number of carbonyl (C=O) groups excluding carboxylic acids is 2. The minimum absolute atomic E-state index is 0.0632. The second-order valence-electron chi connectivity index (χ2n) is 5.93. The van der Waals surface area contributed by atoms with Gasteiger partial charge in [-0.3, -0.25) is 4.79 Å². The summed E-state index contributed by atoms with van der Waals surface area (Å²) in [5, 5.41) is 8.81. The molecule has 0 unspecified atom stereocenters. The van der Waals surface area contributed by atoms with Gasteiger partial charge in [0.05, 0.1) is 30.1 Å². The molecule has 1 heterocycles. The quantitative estimate of drug-likeness (QED) is 0.760. The molecule has 2 aromatic rings. The van der Waals surface area contributed by atoms with Crippen LogP contribution < -0.4 is 4.90 Å². The van der Waals surface area contributed by atoms with Gasteiger partial charge in [0, 0.05) is 18.0 Å². The number of ether oxygens (including phenoxy) is 1. The van der Waals surface area contributed by atoms with Gasteiger partial charge in [0.25, 0.3) is 0 Å². The first-order valence-corrected chi connectivity index (χ1v) is 9.36. The zero-order valence-corrected chi connectivity index (χ0v) is 15.2. The summed E-state index contributed by atoms with van der Waals surface area (Å²) in [6, 6.07) is 14.8. The van der Waals surface area contributed by atoms with Gasteiger partial charge in [-0.25, -0.2) is 4.79 Å². The predicted octanol–water partition coefficient (Wildman–Crippen LogP) is 3.17. The lowest BCUT2D eigenvalue weighted by Crippen LogP contribution is -2.30. The minimum Gasteiger partial charge on any atom is -0.465 e. The largest absolute Gasteiger partial charge is 0.465 e. The van der Waals surface area contributed by atoms with Crippen molar-refractivity contribution in [3.05, 3.63) is 64.7 Å². The molecule has 0 aliphatic carbocycles. The van der Waals surface area contributed by atoms with Crippen molar-refractivity contribution in [2.75, 3.05) is 24.3 Å². The SMILES string of the molecule is COC(=O)c1ccc2c(c1)CCN2C(=O)CSCc1ccc(C#N)cc1. The minimum atomic E-state index is -0.365. The van der Waals surface area contributed by atoms with Crippen LogP contribution in [0.2, 0.25) is 0 Å². The van der Waals surface area contributed by atoms with Crippen LogP contribution in [0.3, 0.4) is 0 Å². The van der Waals surface area contributed by atoms with Crippen LogP contribution in [0, 0.1) is 11.3 Å². The number of esters is 1. The van der Waals surface area contributed by atoms with Gasteiger partial charge in [-0.15, -0.1) is 11.8 Å². The van der Waals surface area contributed by atoms with Gasteiger partial charge in [-0.2, -0.15) is 5.26 Å². The van der Waals surface area contributed by atoms with Crippen molar-refractivity contribution >= 4 is 29.3 Å². The standard InChI is InChI=1S/C20H18N2O3S/c1-25-20(24)17-6-7-18-16(10-17)8-9-22(18)19(23)13-26-12-15-4-2-14(11-21)3-5-15/h2-7,10H,8-9,12-13H2,1H3. The molecule has 1 amide bonds. The highest BCUT2D eigenvalue weighted by molar-refractivity contribution is 7.99. The molecule has 26 heavy (non-hydrogen) atoms. The third kappa shape index (κ3) is 3.89. The number of methoxy groups -OCH3 is 1. The van der Waals surface area contributed by atoms with E-state index in [4.69, 9.17) is 10.00 Å². The molecule has 132 valence electrons. The van der Waals surface area contributed by atoms with Crippen LogP contribution >= 0.6 is 11.8 Å². The van der Waals surface area contributed by atoms with E-state index in [0.29, 0.717) is 23.4 Å². The Morgan fingerprint density at radius 2 is 2.00 bits per heavy atom. The van der Waals surface area contributed by atoms with Crippen molar-refractivity contribution in [3.8, 4) is 6.07 Å². The summed E-state index contributed by atoms with van der Waals surface area (Å²) < 4.78 is 4.74. The molecular formula is C20H18N2O3S. The van der Waals surface area contributed by atoms with Crippen molar-refractivity contribution in [1.29, 1.82) is 5.26 Å². The van der Waals surface area contributed by atoms with Gasteiger partial charge in [0.1, 0.15) is 0 Å². The average molecular weight is 366 g/mol. The number of fused-ring (bicyclic) bond motifs is 1. The third-order valence-electron chi connectivity index (χ3n) is 4.27. The molecule has 5 nitrogen and oxygen atoms in total. The Kier molecular flexibility index (Phi) is 5.59. The maximum atomic E-state index is 12.5. The van der Waals surface area contributed by atoms with E-state index in [-0.39, 0.29) is 11.9 Å². The molecule has 1 aliphatic rings. The summed E-state index contributed by atoms with van der Waals surface area (Å²) in [7, 11) is 1.36. The number of rotatable bonds is 5. The Morgan fingerprint density at radius 3 is 2.69 bits per heavy atom. The number of anilines is 1. The molecular weight excluding hydrogens is 348 g/mol. The molecule has 2 aromatic carbocycles. The summed E-state index contributed by atoms with van der Waals surface area (Å²) in [5.74, 6) is 0.807. The van der Waals surface area contributed by atoms with E-state index in [0.717, 1.165) is 29.0 Å². The van der Waals surface area contributed by atoms with Crippen molar-refractivity contribution in [1.82, 2.24) is 0 Å². The number of benzene rings is 2. The lowest BCUT2D eigenvalue weighted by molar-refractivity contribution is -0.116. The van der Waals surface area contributed by atoms with Crippen molar-refractivity contribution in [3.63, 3.8) is 0 Å². The highest BCUT2D eigenvalue weighted by Gasteiger charge is 2.25. The zero-order valence-electron chi connectivity index (χ0n) is 14.4. The topological polar surface area (TPSA) is 70.4 Å². The number of hydrogen-bond donors (Lipinski definition) is 0. The van der Waals surface area contributed by atoms with E-state index in [9.17, 15) is 9.59 Å². The molecule has 0 bridgehead atoms. The summed E-state index contributed by atoms with van der Waals surface area (Å²) in [4.78, 5) is 25.9. The highest BCUT2D eigenvalue weighted by atomic mass is 32.2. The van der Waals surface area contributed by atoms with E-state index < -0.39 is 0 Å². The number of amides is 1. The van der Waals surface area contributed by atoms with Crippen LogP contribution in [-0.4, -0.2) is 31.3 Å². The summed E-state index contributed by atoms with van der Waals surface area (Å²) in [6.07, 6.45) is 0.742. The van der Waals surface area contributed by atoms with Gasteiger partial charge < -0.3 is 9.64 Å². The second kappa shape index (κ2) is 8.07. The fourth-order valence-electron chi connectivity index (χ4n) is 2.92. The molecule has 0 radical (unpaired) electrons. The molecule has 0 spiro atoms. The highest BCUT2D eigenvalue weighted by Crippen LogP contribution is 2.30. The molecule has 0 saturated heterocycles. The maximum absolute atomic E-state index is 12.5. The molecule has 0 atom stereocenters. The first-order chi connectivity index (χ1) is 12.6. The normalized spacial score (nSPS) is 12.4. The average Bonchev–Trinajstić information content (AvgIpc) is 3.11. The first kappa shape index (κ1) is 18.0. The Hall–Kier alpha value is -2.78. The monoisotopic (exact) mass is 366 g/mol. The van der Waals surface area contributed by atoms with Gasteiger partial charge in [-0.05, 0) is 47.9 Å². The Bertz CT molecular complexity index is 872. The van der Waals surface area contributed by atoms with Crippen LogP contribution in [0.25, 0.3) is 0 Å². The number of carbonyl (C=O) groups is 2. The molecule has 0 fully saturated rings. The molecule has 0 saturated carbocycles. The number of thioether (sulfide) groups is 1. The molecule has 1 aliphatic heterocycles. The fourth-order valence-corrected chi connectivity index (χ4v) is 3.78. The van der Waals surface area contributed by atoms with Crippen LogP contribution in [0.5, 0.6) is 0 Å². The smallest absolute Gasteiger partial charge is 0.337 e. The fraction of sp³-hybridized carbons (Fsp3) is 0.250.